The average Bonchev–Trinajstić information content (AvgIpc) is 2.11. The summed E-state index contributed by atoms with van der Waals surface area (Å²) in [5, 5.41) is 0.624. The second-order valence-corrected chi connectivity index (χ2v) is 4.14. The lowest BCUT2D eigenvalue weighted by atomic mass is 10.2. The van der Waals surface area contributed by atoms with Crippen LogP contribution in [0.4, 0.5) is 13.2 Å². The van der Waals surface area contributed by atoms with E-state index >= 15 is 0 Å². The van der Waals surface area contributed by atoms with Crippen molar-refractivity contribution in [2.24, 2.45) is 4.99 Å². The number of nitrogens with zero attached hydrogens (tertiary/aromatic N) is 1. The molecule has 1 aromatic rings. The fraction of sp³-hybridized carbons (Fsp3) is 0.222. The molecule has 0 aliphatic heterocycles. The molecule has 0 saturated carbocycles. The number of benzene rings is 1. The van der Waals surface area contributed by atoms with Crippen LogP contribution in [-0.2, 0) is 0 Å². The summed E-state index contributed by atoms with van der Waals surface area (Å²) < 4.78 is 36.0. The van der Waals surface area contributed by atoms with Crippen molar-refractivity contribution in [3.05, 3.63) is 33.8 Å². The molecular weight excluding hydrogens is 285 g/mol. The van der Waals surface area contributed by atoms with Crippen LogP contribution in [-0.4, -0.2) is 17.9 Å². The highest BCUT2D eigenvalue weighted by molar-refractivity contribution is 6.35. The van der Waals surface area contributed by atoms with Gasteiger partial charge in [-0.1, -0.05) is 34.8 Å². The van der Waals surface area contributed by atoms with Crippen molar-refractivity contribution in [1.29, 1.82) is 0 Å². The molecule has 0 aromatic heterocycles. The number of hydrogen-bond donors (Lipinski definition) is 0. The third kappa shape index (κ3) is 4.20. The monoisotopic (exact) mass is 289 g/mol. The van der Waals surface area contributed by atoms with Gasteiger partial charge in [-0.25, -0.2) is 0 Å². The summed E-state index contributed by atoms with van der Waals surface area (Å²) in [5.74, 6) is 0. The standard InChI is InChI=1S/C9H5Cl3F3N/c10-6-1-5(2-7(11)3-6)4-16-8(12)9(13,14)15/h1-4,8H. The fourth-order valence-electron chi connectivity index (χ4n) is 0.886. The molecule has 0 saturated heterocycles. The summed E-state index contributed by atoms with van der Waals surface area (Å²) in [5.41, 5.74) is -1.92. The van der Waals surface area contributed by atoms with E-state index in [1.807, 2.05) is 0 Å². The van der Waals surface area contributed by atoms with Gasteiger partial charge in [-0.15, -0.1) is 0 Å². The highest BCUT2D eigenvalue weighted by atomic mass is 35.5. The molecule has 1 unspecified atom stereocenters. The van der Waals surface area contributed by atoms with Crippen LogP contribution in [0.1, 0.15) is 5.56 Å². The Kier molecular flexibility index (Phi) is 4.47. The van der Waals surface area contributed by atoms with E-state index in [2.05, 4.69) is 4.99 Å². The first-order chi connectivity index (χ1) is 7.29. The molecule has 1 rings (SSSR count). The summed E-state index contributed by atoms with van der Waals surface area (Å²) in [6, 6.07) is 4.32. The van der Waals surface area contributed by atoms with E-state index in [0.717, 1.165) is 6.21 Å². The maximum atomic E-state index is 12.0. The van der Waals surface area contributed by atoms with Crippen molar-refractivity contribution < 1.29 is 13.2 Å². The summed E-state index contributed by atoms with van der Waals surface area (Å²) >= 11 is 16.3. The smallest absolute Gasteiger partial charge is 0.264 e. The van der Waals surface area contributed by atoms with Crippen LogP contribution in [0.2, 0.25) is 10.0 Å². The first-order valence-corrected chi connectivity index (χ1v) is 5.18. The zero-order valence-electron chi connectivity index (χ0n) is 7.60. The first-order valence-electron chi connectivity index (χ1n) is 3.99. The third-order valence-corrected chi connectivity index (χ3v) is 2.31. The van der Waals surface area contributed by atoms with Crippen molar-refractivity contribution in [1.82, 2.24) is 0 Å². The highest BCUT2D eigenvalue weighted by Gasteiger charge is 2.37. The number of rotatable bonds is 2. The van der Waals surface area contributed by atoms with Crippen LogP contribution in [0.5, 0.6) is 0 Å². The van der Waals surface area contributed by atoms with Gasteiger partial charge in [0.2, 0.25) is 5.50 Å². The molecule has 0 aliphatic carbocycles. The largest absolute Gasteiger partial charge is 0.424 e. The molecule has 0 radical (unpaired) electrons. The zero-order chi connectivity index (χ0) is 12.3. The van der Waals surface area contributed by atoms with E-state index < -0.39 is 11.7 Å². The quantitative estimate of drug-likeness (QED) is 0.431. The zero-order valence-corrected chi connectivity index (χ0v) is 9.87. The second-order valence-electron chi connectivity index (χ2n) is 2.86. The topological polar surface area (TPSA) is 12.4 Å². The Morgan fingerprint density at radius 3 is 2.06 bits per heavy atom. The van der Waals surface area contributed by atoms with Gasteiger partial charge in [0.15, 0.2) is 0 Å². The molecule has 0 amide bonds. The fourth-order valence-corrected chi connectivity index (χ4v) is 1.48. The first kappa shape index (κ1) is 13.6. The minimum atomic E-state index is -4.57. The van der Waals surface area contributed by atoms with Crippen molar-refractivity contribution in [2.75, 3.05) is 0 Å². The summed E-state index contributed by atoms with van der Waals surface area (Å²) in [4.78, 5) is 3.15. The molecular formula is C9H5Cl3F3N. The van der Waals surface area contributed by atoms with Crippen molar-refractivity contribution >= 4 is 41.0 Å². The summed E-state index contributed by atoms with van der Waals surface area (Å²) in [6.07, 6.45) is -3.59. The Morgan fingerprint density at radius 2 is 1.62 bits per heavy atom. The maximum Gasteiger partial charge on any atom is 0.424 e. The number of alkyl halides is 4. The Hall–Kier alpha value is -0.450. The Labute approximate surface area is 105 Å². The van der Waals surface area contributed by atoms with Crippen LogP contribution in [0.25, 0.3) is 0 Å². The van der Waals surface area contributed by atoms with Gasteiger partial charge >= 0.3 is 6.18 Å². The maximum absolute atomic E-state index is 12.0. The minimum absolute atomic E-state index is 0.312. The van der Waals surface area contributed by atoms with Crippen molar-refractivity contribution in [2.45, 2.75) is 11.7 Å². The van der Waals surface area contributed by atoms with E-state index in [-0.39, 0.29) is 0 Å². The average molecular weight is 290 g/mol. The van der Waals surface area contributed by atoms with E-state index in [9.17, 15) is 13.2 Å². The Balaban J connectivity index is 2.84. The lowest BCUT2D eigenvalue weighted by Crippen LogP contribution is -2.21. The number of aliphatic imine (C=N–C) groups is 1. The van der Waals surface area contributed by atoms with Crippen LogP contribution in [0.3, 0.4) is 0 Å². The van der Waals surface area contributed by atoms with Gasteiger partial charge in [-0.2, -0.15) is 13.2 Å². The van der Waals surface area contributed by atoms with E-state index in [0.29, 0.717) is 15.6 Å². The molecule has 1 aromatic carbocycles. The van der Waals surface area contributed by atoms with E-state index in [1.54, 1.807) is 0 Å². The van der Waals surface area contributed by atoms with Gasteiger partial charge in [0, 0.05) is 16.3 Å². The lowest BCUT2D eigenvalue weighted by molar-refractivity contribution is -0.128. The predicted molar refractivity (Wildman–Crippen MR) is 59.8 cm³/mol. The van der Waals surface area contributed by atoms with Gasteiger partial charge in [-0.05, 0) is 23.8 Å². The van der Waals surface area contributed by atoms with Gasteiger partial charge in [0.05, 0.1) is 0 Å². The third-order valence-electron chi connectivity index (χ3n) is 1.51. The molecule has 1 atom stereocenters. The Morgan fingerprint density at radius 1 is 1.12 bits per heavy atom. The van der Waals surface area contributed by atoms with Crippen LogP contribution in [0.15, 0.2) is 23.2 Å². The van der Waals surface area contributed by atoms with Gasteiger partial charge in [-0.3, -0.25) is 4.99 Å². The molecule has 88 valence electrons. The SMILES string of the molecule is FC(F)(F)C(Cl)N=Cc1cc(Cl)cc(Cl)c1. The van der Waals surface area contributed by atoms with Crippen LogP contribution >= 0.6 is 34.8 Å². The van der Waals surface area contributed by atoms with Crippen LogP contribution in [0, 0.1) is 0 Å². The normalized spacial score (nSPS) is 14.4. The Bertz CT molecular complexity index is 383. The van der Waals surface area contributed by atoms with Crippen LogP contribution < -0.4 is 0 Å². The molecule has 1 nitrogen and oxygen atoms in total. The van der Waals surface area contributed by atoms with Gasteiger partial charge in [0.1, 0.15) is 0 Å². The number of halogens is 6. The molecule has 7 heteroatoms. The van der Waals surface area contributed by atoms with Gasteiger partial charge in [0.25, 0.3) is 0 Å². The van der Waals surface area contributed by atoms with Crippen molar-refractivity contribution in [3.8, 4) is 0 Å². The molecule has 0 heterocycles. The number of hydrogen-bond acceptors (Lipinski definition) is 1. The lowest BCUT2D eigenvalue weighted by Gasteiger charge is -2.08. The molecule has 0 fully saturated rings. The minimum Gasteiger partial charge on any atom is -0.264 e. The van der Waals surface area contributed by atoms with E-state index in [4.69, 9.17) is 34.8 Å². The molecule has 0 N–H and O–H groups in total. The predicted octanol–water partition coefficient (Wildman–Crippen LogP) is 4.54. The molecule has 0 aliphatic rings. The molecule has 0 spiro atoms. The van der Waals surface area contributed by atoms with E-state index in [1.165, 1.54) is 18.2 Å². The molecule has 0 bridgehead atoms. The second kappa shape index (κ2) is 5.25. The summed E-state index contributed by atoms with van der Waals surface area (Å²) in [6.45, 7) is 0. The molecule has 16 heavy (non-hydrogen) atoms. The highest BCUT2D eigenvalue weighted by Crippen LogP contribution is 2.26. The van der Waals surface area contributed by atoms with Gasteiger partial charge < -0.3 is 0 Å². The van der Waals surface area contributed by atoms with Crippen molar-refractivity contribution in [3.63, 3.8) is 0 Å². The summed E-state index contributed by atoms with van der Waals surface area (Å²) in [7, 11) is 0.